The van der Waals surface area contributed by atoms with E-state index in [-0.39, 0.29) is 11.1 Å². The second-order valence-corrected chi connectivity index (χ2v) is 7.42. The van der Waals surface area contributed by atoms with Gasteiger partial charge < -0.3 is 5.11 Å². The second kappa shape index (κ2) is 6.85. The molecule has 0 amide bonds. The fraction of sp³-hybridized carbons (Fsp3) is 0.208. The van der Waals surface area contributed by atoms with Crippen LogP contribution in [0.3, 0.4) is 0 Å². The van der Waals surface area contributed by atoms with Crippen LogP contribution in [-0.2, 0) is 5.60 Å². The number of hydrogen-bond acceptors (Lipinski definition) is 2. The highest BCUT2D eigenvalue weighted by molar-refractivity contribution is 5.73. The van der Waals surface area contributed by atoms with E-state index in [0.717, 1.165) is 0 Å². The molecule has 3 aromatic rings. The maximum Gasteiger partial charge on any atom is 0.403 e. The summed E-state index contributed by atoms with van der Waals surface area (Å²) in [5.41, 5.74) is -4.19. The van der Waals surface area contributed by atoms with Gasteiger partial charge in [0.1, 0.15) is 11.0 Å². The zero-order chi connectivity index (χ0) is 20.7. The van der Waals surface area contributed by atoms with Gasteiger partial charge >= 0.3 is 6.18 Å². The van der Waals surface area contributed by atoms with Gasteiger partial charge in [-0.2, -0.15) is 13.2 Å². The second-order valence-electron chi connectivity index (χ2n) is 7.42. The van der Waals surface area contributed by atoms with Gasteiger partial charge in [0.05, 0.1) is 11.9 Å². The molecule has 0 bridgehead atoms. The summed E-state index contributed by atoms with van der Waals surface area (Å²) < 4.78 is 44.9. The molecule has 2 nitrogen and oxygen atoms in total. The van der Waals surface area contributed by atoms with Crippen molar-refractivity contribution in [1.82, 2.24) is 0 Å². The molecule has 3 aromatic carbocycles. The lowest BCUT2D eigenvalue weighted by molar-refractivity contribution is -0.256. The van der Waals surface area contributed by atoms with E-state index in [1.54, 1.807) is 72.8 Å². The Bertz CT molecular complexity index is 1140. The number of nitrogens with zero attached hydrogens (tertiary/aromatic N) is 1. The fourth-order valence-corrected chi connectivity index (χ4v) is 4.26. The highest BCUT2D eigenvalue weighted by Crippen LogP contribution is 2.58. The third-order valence-corrected chi connectivity index (χ3v) is 5.80. The highest BCUT2D eigenvalue weighted by Gasteiger charge is 2.67. The van der Waals surface area contributed by atoms with Crippen molar-refractivity contribution in [2.24, 2.45) is 10.4 Å². The number of hydrogen-bond donors (Lipinski definition) is 1. The highest BCUT2D eigenvalue weighted by atomic mass is 19.4. The van der Waals surface area contributed by atoms with Crippen molar-refractivity contribution in [3.05, 3.63) is 107 Å². The Morgan fingerprint density at radius 2 is 1.38 bits per heavy atom. The molecule has 1 aliphatic heterocycles. The van der Waals surface area contributed by atoms with Gasteiger partial charge in [-0.05, 0) is 29.7 Å². The summed E-state index contributed by atoms with van der Waals surface area (Å²) in [6, 6.07) is 23.3. The van der Waals surface area contributed by atoms with Gasteiger partial charge in [0, 0.05) is 5.22 Å². The van der Waals surface area contributed by atoms with Crippen molar-refractivity contribution in [3.8, 4) is 0 Å². The monoisotopic (exact) mass is 395 g/mol. The number of benzene rings is 3. The normalized spacial score (nSPS) is 21.1. The summed E-state index contributed by atoms with van der Waals surface area (Å²) in [6.45, 7) is 0.641. The van der Waals surface area contributed by atoms with Gasteiger partial charge in [-0.15, -0.1) is 0 Å². The van der Waals surface area contributed by atoms with Crippen molar-refractivity contribution in [1.29, 1.82) is 0 Å². The van der Waals surface area contributed by atoms with E-state index in [0.29, 0.717) is 16.1 Å². The summed E-state index contributed by atoms with van der Waals surface area (Å²) >= 11 is 0. The maximum atomic E-state index is 15.0. The fourth-order valence-electron chi connectivity index (χ4n) is 4.26. The molecule has 0 radical (unpaired) electrons. The maximum absolute atomic E-state index is 15.0. The van der Waals surface area contributed by atoms with E-state index >= 15 is 0 Å². The lowest BCUT2D eigenvalue weighted by Gasteiger charge is -2.48. The molecular weight excluding hydrogens is 375 g/mol. The Morgan fingerprint density at radius 3 is 2.00 bits per heavy atom. The largest absolute Gasteiger partial charge is 0.403 e. The van der Waals surface area contributed by atoms with E-state index < -0.39 is 23.7 Å². The van der Waals surface area contributed by atoms with Gasteiger partial charge in [-0.1, -0.05) is 78.9 Å². The molecule has 29 heavy (non-hydrogen) atoms. The number of alkyl halides is 3. The van der Waals surface area contributed by atoms with Gasteiger partial charge in [0.15, 0.2) is 0 Å². The summed E-state index contributed by atoms with van der Waals surface area (Å²) in [5, 5.41) is 12.4. The molecule has 5 heteroatoms. The predicted molar refractivity (Wildman–Crippen MR) is 106 cm³/mol. The van der Waals surface area contributed by atoms with Crippen LogP contribution in [0, 0.1) is 5.41 Å². The van der Waals surface area contributed by atoms with Crippen LogP contribution >= 0.6 is 0 Å². The molecule has 1 heterocycles. The molecule has 0 aliphatic carbocycles. The standard InChI is InChI=1S/C24H20F3NO/c1-22(29,18-12-6-3-7-13-18)23(24(25,26)27)16-28-20-15-9-8-14-19(20)21(23)17-10-4-2-5-11-17/h2-15,29H,16H2,1H3. The van der Waals surface area contributed by atoms with Crippen LogP contribution in [0.4, 0.5) is 13.2 Å². The van der Waals surface area contributed by atoms with Crippen molar-refractivity contribution in [2.45, 2.75) is 18.7 Å². The number of halogens is 3. The summed E-state index contributed by atoms with van der Waals surface area (Å²) in [5.74, 6) is 0. The summed E-state index contributed by atoms with van der Waals surface area (Å²) in [4.78, 5) is 4.28. The first-order valence-electron chi connectivity index (χ1n) is 9.33. The average molecular weight is 395 g/mol. The van der Waals surface area contributed by atoms with Crippen LogP contribution in [0.25, 0.3) is 5.57 Å². The molecule has 0 saturated carbocycles. The van der Waals surface area contributed by atoms with Crippen LogP contribution in [0.2, 0.25) is 0 Å². The van der Waals surface area contributed by atoms with Crippen LogP contribution in [0.15, 0.2) is 89.9 Å². The Balaban J connectivity index is 2.16. The minimum Gasteiger partial charge on any atom is -0.384 e. The number of aliphatic hydroxyl groups is 1. The van der Waals surface area contributed by atoms with Crippen LogP contribution in [0.1, 0.15) is 18.1 Å². The Morgan fingerprint density at radius 1 is 0.828 bits per heavy atom. The molecule has 4 rings (SSSR count). The van der Waals surface area contributed by atoms with E-state index in [4.69, 9.17) is 0 Å². The van der Waals surface area contributed by atoms with Crippen molar-refractivity contribution in [2.75, 3.05) is 6.54 Å². The van der Waals surface area contributed by atoms with Crippen molar-refractivity contribution >= 4 is 5.57 Å². The Hall–Kier alpha value is -2.92. The van der Waals surface area contributed by atoms with Gasteiger partial charge in [0.2, 0.25) is 0 Å². The lowest BCUT2D eigenvalue weighted by atomic mass is 9.61. The number of fused-ring (bicyclic) bond motifs is 1. The smallest absolute Gasteiger partial charge is 0.384 e. The molecule has 148 valence electrons. The number of para-hydroxylation sites is 1. The van der Waals surface area contributed by atoms with E-state index in [1.165, 1.54) is 19.1 Å². The van der Waals surface area contributed by atoms with Gasteiger partial charge in [0.25, 0.3) is 0 Å². The lowest BCUT2D eigenvalue weighted by Crippen LogP contribution is -2.60. The van der Waals surface area contributed by atoms with E-state index in [2.05, 4.69) is 4.99 Å². The Kier molecular flexibility index (Phi) is 4.58. The van der Waals surface area contributed by atoms with Crippen molar-refractivity contribution < 1.29 is 18.3 Å². The molecule has 0 spiro atoms. The molecular formula is C24H20F3NO. The Labute approximate surface area is 166 Å². The summed E-state index contributed by atoms with van der Waals surface area (Å²) in [7, 11) is 0. The zero-order valence-electron chi connectivity index (χ0n) is 15.8. The molecule has 1 N–H and O–H groups in total. The van der Waals surface area contributed by atoms with Crippen LogP contribution in [0.5, 0.6) is 0 Å². The quantitative estimate of drug-likeness (QED) is 0.715. The predicted octanol–water partition coefficient (Wildman–Crippen LogP) is 3.98. The third kappa shape index (κ3) is 2.88. The minimum absolute atomic E-state index is 0.0463. The third-order valence-electron chi connectivity index (χ3n) is 5.80. The van der Waals surface area contributed by atoms with Crippen molar-refractivity contribution in [3.63, 3.8) is 0 Å². The summed E-state index contributed by atoms with van der Waals surface area (Å²) in [6.07, 6.45) is -4.76. The van der Waals surface area contributed by atoms with E-state index in [9.17, 15) is 18.3 Å². The molecule has 0 fully saturated rings. The molecule has 0 aromatic heterocycles. The topological polar surface area (TPSA) is 32.6 Å². The molecule has 1 aliphatic rings. The minimum atomic E-state index is -4.76. The average Bonchev–Trinajstić information content (AvgIpc) is 2.73. The SMILES string of the molecule is CC(O)(c1ccccc1)C1(C(F)(F)F)CN=c2ccccc2=C1c1ccccc1. The zero-order valence-corrected chi connectivity index (χ0v) is 15.8. The van der Waals surface area contributed by atoms with Crippen LogP contribution in [-0.4, -0.2) is 17.8 Å². The van der Waals surface area contributed by atoms with E-state index in [1.807, 2.05) is 0 Å². The first kappa shape index (κ1) is 19.4. The van der Waals surface area contributed by atoms with Gasteiger partial charge in [-0.3, -0.25) is 4.99 Å². The first-order valence-corrected chi connectivity index (χ1v) is 9.33. The number of rotatable bonds is 3. The van der Waals surface area contributed by atoms with Crippen LogP contribution < -0.4 is 10.6 Å². The molecule has 2 atom stereocenters. The molecule has 2 unspecified atom stereocenters. The molecule has 0 saturated heterocycles. The first-order chi connectivity index (χ1) is 13.8. The van der Waals surface area contributed by atoms with Gasteiger partial charge in [-0.25, -0.2) is 0 Å².